The normalized spacial score (nSPS) is 14.8. The van der Waals surface area contributed by atoms with Crippen LogP contribution in [0.25, 0.3) is 0 Å². The Morgan fingerprint density at radius 1 is 0.960 bits per heavy atom. The Labute approximate surface area is 146 Å². The molecule has 1 aliphatic heterocycles. The summed E-state index contributed by atoms with van der Waals surface area (Å²) in [4.78, 5) is 28.5. The van der Waals surface area contributed by atoms with Gasteiger partial charge in [-0.25, -0.2) is 0 Å². The van der Waals surface area contributed by atoms with Crippen LogP contribution in [0.4, 0.5) is 0 Å². The van der Waals surface area contributed by atoms with Crippen molar-refractivity contribution in [1.82, 2.24) is 19.6 Å². The van der Waals surface area contributed by atoms with Crippen LogP contribution in [0.3, 0.4) is 0 Å². The van der Waals surface area contributed by atoms with Crippen LogP contribution < -0.4 is 0 Å². The number of hydrogen-bond donors (Lipinski definition) is 1. The molecule has 0 saturated carbocycles. The lowest BCUT2D eigenvalue weighted by molar-refractivity contribution is 0.0531. The van der Waals surface area contributed by atoms with Crippen molar-refractivity contribution < 1.29 is 14.7 Å². The number of benzene rings is 1. The zero-order chi connectivity index (χ0) is 18.0. The Hall–Kier alpha value is -2.83. The van der Waals surface area contributed by atoms with Gasteiger partial charge in [-0.2, -0.15) is 5.10 Å². The van der Waals surface area contributed by atoms with Crippen LogP contribution in [-0.2, 0) is 0 Å². The van der Waals surface area contributed by atoms with E-state index in [2.05, 4.69) is 5.10 Å². The number of rotatable bonds is 3. The maximum Gasteiger partial charge on any atom is 0.274 e. The maximum atomic E-state index is 12.5. The summed E-state index contributed by atoms with van der Waals surface area (Å²) >= 11 is 0. The number of aromatic nitrogens is 2. The fourth-order valence-corrected chi connectivity index (χ4v) is 2.80. The summed E-state index contributed by atoms with van der Waals surface area (Å²) < 4.78 is 1.76. The second kappa shape index (κ2) is 6.96. The molecule has 7 heteroatoms. The molecule has 2 aromatic rings. The second-order valence-corrected chi connectivity index (χ2v) is 6.41. The zero-order valence-electron chi connectivity index (χ0n) is 14.4. The first kappa shape index (κ1) is 17.0. The average molecular weight is 342 g/mol. The monoisotopic (exact) mass is 342 g/mol. The van der Waals surface area contributed by atoms with Crippen molar-refractivity contribution in [2.75, 3.05) is 26.2 Å². The molecule has 7 nitrogen and oxygen atoms in total. The van der Waals surface area contributed by atoms with E-state index in [9.17, 15) is 14.7 Å². The topological polar surface area (TPSA) is 78.7 Å². The van der Waals surface area contributed by atoms with E-state index in [-0.39, 0.29) is 23.6 Å². The minimum absolute atomic E-state index is 0.0869. The van der Waals surface area contributed by atoms with Gasteiger partial charge in [0.05, 0.1) is 0 Å². The van der Waals surface area contributed by atoms with Gasteiger partial charge in [0.15, 0.2) is 0 Å². The molecule has 0 unspecified atom stereocenters. The van der Waals surface area contributed by atoms with Crippen LogP contribution in [0.1, 0.15) is 40.7 Å². The highest BCUT2D eigenvalue weighted by Gasteiger charge is 2.26. The van der Waals surface area contributed by atoms with E-state index >= 15 is 0 Å². The smallest absolute Gasteiger partial charge is 0.274 e. The molecule has 2 amide bonds. The lowest BCUT2D eigenvalue weighted by atomic mass is 10.1. The predicted molar refractivity (Wildman–Crippen MR) is 92.5 cm³/mol. The molecular weight excluding hydrogens is 320 g/mol. The fraction of sp³-hybridized carbons (Fsp3) is 0.389. The number of phenols is 1. The third kappa shape index (κ3) is 3.65. The van der Waals surface area contributed by atoms with Crippen LogP contribution in [-0.4, -0.2) is 62.7 Å². The molecule has 0 radical (unpaired) electrons. The quantitative estimate of drug-likeness (QED) is 0.922. The van der Waals surface area contributed by atoms with Gasteiger partial charge < -0.3 is 14.9 Å². The van der Waals surface area contributed by atoms with Crippen molar-refractivity contribution in [2.45, 2.75) is 19.9 Å². The Balaban J connectivity index is 1.60. The Kier molecular flexibility index (Phi) is 4.74. The molecule has 25 heavy (non-hydrogen) atoms. The summed E-state index contributed by atoms with van der Waals surface area (Å²) in [5, 5.41) is 13.6. The maximum absolute atomic E-state index is 12.5. The Bertz CT molecular complexity index is 759. The van der Waals surface area contributed by atoms with Gasteiger partial charge in [-0.1, -0.05) is 0 Å². The van der Waals surface area contributed by atoms with Crippen molar-refractivity contribution >= 4 is 11.8 Å². The van der Waals surface area contributed by atoms with Crippen molar-refractivity contribution in [3.05, 3.63) is 47.8 Å². The molecule has 1 N–H and O–H groups in total. The van der Waals surface area contributed by atoms with Gasteiger partial charge in [-0.3, -0.25) is 14.3 Å². The summed E-state index contributed by atoms with van der Waals surface area (Å²) in [6.45, 7) is 5.95. The molecule has 0 bridgehead atoms. The molecular formula is C18H22N4O3. The van der Waals surface area contributed by atoms with E-state index in [0.29, 0.717) is 37.4 Å². The number of piperazine rings is 1. The largest absolute Gasteiger partial charge is 0.508 e. The predicted octanol–water partition coefficient (Wildman–Crippen LogP) is 1.77. The van der Waals surface area contributed by atoms with E-state index in [1.165, 1.54) is 12.1 Å². The highest BCUT2D eigenvalue weighted by molar-refractivity contribution is 5.95. The highest BCUT2D eigenvalue weighted by atomic mass is 16.3. The van der Waals surface area contributed by atoms with Crippen LogP contribution in [0, 0.1) is 0 Å². The number of aromatic hydroxyl groups is 1. The molecule has 132 valence electrons. The zero-order valence-corrected chi connectivity index (χ0v) is 14.4. The minimum atomic E-state index is -0.101. The Morgan fingerprint density at radius 2 is 1.52 bits per heavy atom. The first-order valence-electron chi connectivity index (χ1n) is 8.38. The average Bonchev–Trinajstić information content (AvgIpc) is 3.12. The molecule has 2 heterocycles. The molecule has 0 atom stereocenters. The summed E-state index contributed by atoms with van der Waals surface area (Å²) in [5.74, 6) is -0.0554. The standard InChI is InChI=1S/C18H22N4O3/c1-13(2)22-8-7-16(19-22)18(25)21-11-9-20(10-12-21)17(24)14-3-5-15(23)6-4-14/h3-8,13,23H,9-12H2,1-2H3. The first-order chi connectivity index (χ1) is 12.0. The molecule has 1 aliphatic rings. The van der Waals surface area contributed by atoms with Crippen molar-refractivity contribution in [2.24, 2.45) is 0 Å². The van der Waals surface area contributed by atoms with Gasteiger partial charge in [0.2, 0.25) is 0 Å². The van der Waals surface area contributed by atoms with Gasteiger partial charge in [0.1, 0.15) is 11.4 Å². The summed E-state index contributed by atoms with van der Waals surface area (Å²) in [7, 11) is 0. The molecule has 0 aliphatic carbocycles. The lowest BCUT2D eigenvalue weighted by Crippen LogP contribution is -2.50. The number of carbonyl (C=O) groups excluding carboxylic acids is 2. The van der Waals surface area contributed by atoms with E-state index in [4.69, 9.17) is 0 Å². The van der Waals surface area contributed by atoms with Gasteiger partial charge >= 0.3 is 0 Å². The van der Waals surface area contributed by atoms with Gasteiger partial charge in [0.25, 0.3) is 11.8 Å². The molecule has 1 saturated heterocycles. The van der Waals surface area contributed by atoms with Gasteiger partial charge in [-0.05, 0) is 44.2 Å². The van der Waals surface area contributed by atoms with Crippen LogP contribution in [0.2, 0.25) is 0 Å². The molecule has 1 aromatic carbocycles. The number of phenolic OH excluding ortho intramolecular Hbond substituents is 1. The van der Waals surface area contributed by atoms with Crippen LogP contribution >= 0.6 is 0 Å². The van der Waals surface area contributed by atoms with Crippen LogP contribution in [0.5, 0.6) is 5.75 Å². The SMILES string of the molecule is CC(C)n1ccc(C(=O)N2CCN(C(=O)c3ccc(O)cc3)CC2)n1. The van der Waals surface area contributed by atoms with Crippen molar-refractivity contribution in [3.63, 3.8) is 0 Å². The minimum Gasteiger partial charge on any atom is -0.508 e. The summed E-state index contributed by atoms with van der Waals surface area (Å²) in [5.41, 5.74) is 0.972. The van der Waals surface area contributed by atoms with Crippen molar-refractivity contribution in [3.8, 4) is 5.75 Å². The van der Waals surface area contributed by atoms with Gasteiger partial charge in [0, 0.05) is 44.0 Å². The molecule has 1 fully saturated rings. The van der Waals surface area contributed by atoms with E-state index in [0.717, 1.165) is 0 Å². The Morgan fingerprint density at radius 3 is 2.04 bits per heavy atom. The summed E-state index contributed by atoms with van der Waals surface area (Å²) in [6.07, 6.45) is 1.81. The molecule has 3 rings (SSSR count). The number of nitrogens with zero attached hydrogens (tertiary/aromatic N) is 4. The first-order valence-corrected chi connectivity index (χ1v) is 8.38. The lowest BCUT2D eigenvalue weighted by Gasteiger charge is -2.34. The van der Waals surface area contributed by atoms with Gasteiger partial charge in [-0.15, -0.1) is 0 Å². The highest BCUT2D eigenvalue weighted by Crippen LogP contribution is 2.14. The third-order valence-corrected chi connectivity index (χ3v) is 4.32. The van der Waals surface area contributed by atoms with Crippen LogP contribution in [0.15, 0.2) is 36.5 Å². The third-order valence-electron chi connectivity index (χ3n) is 4.32. The summed E-state index contributed by atoms with van der Waals surface area (Å²) in [6, 6.07) is 8.15. The number of carbonyl (C=O) groups is 2. The number of amides is 2. The van der Waals surface area contributed by atoms with E-state index in [1.54, 1.807) is 32.7 Å². The van der Waals surface area contributed by atoms with Crippen molar-refractivity contribution in [1.29, 1.82) is 0 Å². The molecule has 0 spiro atoms. The fourth-order valence-electron chi connectivity index (χ4n) is 2.80. The van der Waals surface area contributed by atoms with E-state index in [1.807, 2.05) is 20.0 Å². The number of hydrogen-bond acceptors (Lipinski definition) is 4. The van der Waals surface area contributed by atoms with E-state index < -0.39 is 0 Å². The second-order valence-electron chi connectivity index (χ2n) is 6.41. The molecule has 1 aromatic heterocycles.